The Labute approximate surface area is 258 Å². The Kier molecular flexibility index (Phi) is 10.3. The van der Waals surface area contributed by atoms with Crippen LogP contribution in [0.2, 0.25) is 10.0 Å². The number of methoxy groups -OCH3 is 1. The summed E-state index contributed by atoms with van der Waals surface area (Å²) in [4.78, 5) is 2.37. The lowest BCUT2D eigenvalue weighted by molar-refractivity contribution is 0.150. The zero-order valence-electron chi connectivity index (χ0n) is 24.4. The predicted molar refractivity (Wildman–Crippen MR) is 169 cm³/mol. The number of halogens is 2. The molecule has 222 valence electrons. The molecular formula is C33H38Cl2N4O3. The van der Waals surface area contributed by atoms with Crippen molar-refractivity contribution in [3.05, 3.63) is 93.2 Å². The molecule has 9 heteroatoms. The average Bonchev–Trinajstić information content (AvgIpc) is 3.51. The maximum atomic E-state index is 6.91. The van der Waals surface area contributed by atoms with E-state index in [2.05, 4.69) is 46.5 Å². The Morgan fingerprint density at radius 1 is 1.00 bits per heavy atom. The second-order valence-corrected chi connectivity index (χ2v) is 11.7. The van der Waals surface area contributed by atoms with Gasteiger partial charge in [-0.3, -0.25) is 5.10 Å². The molecule has 2 heterocycles. The molecule has 4 aromatic rings. The van der Waals surface area contributed by atoms with Gasteiger partial charge < -0.3 is 24.4 Å². The number of nitrogens with zero attached hydrogens (tertiary/aromatic N) is 2. The number of H-pyrrole nitrogens is 1. The number of hydrogen-bond donors (Lipinski definition) is 2. The Morgan fingerprint density at radius 3 is 2.62 bits per heavy atom. The lowest BCUT2D eigenvalue weighted by atomic mass is 9.96. The molecule has 0 spiro atoms. The lowest BCUT2D eigenvalue weighted by Gasteiger charge is -2.29. The maximum absolute atomic E-state index is 6.91. The molecule has 0 saturated carbocycles. The van der Waals surface area contributed by atoms with Crippen molar-refractivity contribution in [1.29, 1.82) is 0 Å². The zero-order chi connectivity index (χ0) is 29.5. The topological polar surface area (TPSA) is 71.6 Å². The third-order valence-corrected chi connectivity index (χ3v) is 8.50. The summed E-state index contributed by atoms with van der Waals surface area (Å²) >= 11 is 13.6. The zero-order valence-corrected chi connectivity index (χ0v) is 25.9. The van der Waals surface area contributed by atoms with Gasteiger partial charge >= 0.3 is 0 Å². The van der Waals surface area contributed by atoms with Crippen molar-refractivity contribution >= 4 is 23.2 Å². The van der Waals surface area contributed by atoms with Gasteiger partial charge in [0.15, 0.2) is 0 Å². The van der Waals surface area contributed by atoms with Crippen molar-refractivity contribution in [3.63, 3.8) is 0 Å². The number of likely N-dealkylation sites (tertiary alicyclic amines) is 1. The van der Waals surface area contributed by atoms with Crippen molar-refractivity contribution in [1.82, 2.24) is 20.4 Å². The SMILES string of the molecule is COc1cc(OCc2cccc(-c3cccc(OCC4CCCN(C)C4)c3Cl)c2C)c(Cl)cc1CNCc1cn[nH]c1. The molecule has 0 bridgehead atoms. The van der Waals surface area contributed by atoms with Crippen LogP contribution in [0.3, 0.4) is 0 Å². The molecule has 1 saturated heterocycles. The average molecular weight is 610 g/mol. The van der Waals surface area contributed by atoms with Crippen LogP contribution >= 0.6 is 23.2 Å². The van der Waals surface area contributed by atoms with E-state index >= 15 is 0 Å². The molecule has 1 atom stereocenters. The molecule has 0 amide bonds. The van der Waals surface area contributed by atoms with Crippen LogP contribution in [0.5, 0.6) is 17.2 Å². The molecule has 1 aromatic heterocycles. The van der Waals surface area contributed by atoms with E-state index in [1.165, 1.54) is 12.8 Å². The monoisotopic (exact) mass is 608 g/mol. The summed E-state index contributed by atoms with van der Waals surface area (Å²) in [6, 6.07) is 15.9. The normalized spacial score (nSPS) is 15.5. The fourth-order valence-electron chi connectivity index (χ4n) is 5.46. The smallest absolute Gasteiger partial charge is 0.142 e. The molecule has 1 fully saturated rings. The van der Waals surface area contributed by atoms with E-state index < -0.39 is 0 Å². The van der Waals surface area contributed by atoms with Gasteiger partial charge in [0, 0.05) is 54.5 Å². The predicted octanol–water partition coefficient (Wildman–Crippen LogP) is 7.29. The minimum atomic E-state index is 0.351. The van der Waals surface area contributed by atoms with Crippen LogP contribution in [0.4, 0.5) is 0 Å². The molecule has 0 aliphatic carbocycles. The summed E-state index contributed by atoms with van der Waals surface area (Å²) in [6.07, 6.45) is 6.05. The van der Waals surface area contributed by atoms with Crippen LogP contribution in [0.1, 0.15) is 35.1 Å². The minimum Gasteiger partial charge on any atom is -0.496 e. The third kappa shape index (κ3) is 7.39. The van der Waals surface area contributed by atoms with Crippen LogP contribution < -0.4 is 19.5 Å². The van der Waals surface area contributed by atoms with Crippen LogP contribution in [0.15, 0.2) is 60.9 Å². The molecular weight excluding hydrogens is 571 g/mol. The van der Waals surface area contributed by atoms with Crippen LogP contribution in [-0.4, -0.2) is 49.0 Å². The second kappa shape index (κ2) is 14.3. The van der Waals surface area contributed by atoms with Gasteiger partial charge in [0.25, 0.3) is 0 Å². The van der Waals surface area contributed by atoms with Crippen molar-refractivity contribution in [2.75, 3.05) is 33.9 Å². The highest BCUT2D eigenvalue weighted by Crippen LogP contribution is 2.39. The highest BCUT2D eigenvalue weighted by atomic mass is 35.5. The molecule has 2 N–H and O–H groups in total. The molecule has 7 nitrogen and oxygen atoms in total. The number of ether oxygens (including phenoxy) is 3. The summed E-state index contributed by atoms with van der Waals surface area (Å²) in [6.45, 7) is 6.60. The summed E-state index contributed by atoms with van der Waals surface area (Å²) in [5.41, 5.74) is 6.15. The first-order valence-electron chi connectivity index (χ1n) is 14.3. The van der Waals surface area contributed by atoms with Gasteiger partial charge in [-0.1, -0.05) is 53.5 Å². The maximum Gasteiger partial charge on any atom is 0.142 e. The van der Waals surface area contributed by atoms with Crippen molar-refractivity contribution in [2.45, 2.75) is 39.5 Å². The van der Waals surface area contributed by atoms with Crippen LogP contribution in [0.25, 0.3) is 11.1 Å². The Bertz CT molecular complexity index is 1480. The molecule has 1 unspecified atom stereocenters. The second-order valence-electron chi connectivity index (χ2n) is 10.9. The summed E-state index contributed by atoms with van der Waals surface area (Å²) < 4.78 is 18.1. The Balaban J connectivity index is 1.26. The standard InChI is InChI=1S/C33H38Cl2N4O3/c1-22-25(21-42-32-14-31(40-3)26(13-29(32)34)18-36-15-24-16-37-38-17-24)8-4-9-27(22)28-10-5-11-30(33(28)35)41-20-23-7-6-12-39(2)19-23/h4-5,8-11,13-14,16-17,23,36H,6-7,12,15,18-21H2,1-3H3,(H,37,38). The van der Waals surface area contributed by atoms with E-state index in [4.69, 9.17) is 37.4 Å². The Hall–Kier alpha value is -3.23. The van der Waals surface area contributed by atoms with E-state index in [-0.39, 0.29) is 0 Å². The van der Waals surface area contributed by atoms with Crippen LogP contribution in [-0.2, 0) is 19.7 Å². The first-order chi connectivity index (χ1) is 20.4. The van der Waals surface area contributed by atoms with E-state index in [0.29, 0.717) is 53.8 Å². The van der Waals surface area contributed by atoms with Crippen molar-refractivity contribution in [2.24, 2.45) is 5.92 Å². The lowest BCUT2D eigenvalue weighted by Crippen LogP contribution is -2.34. The molecule has 3 aromatic carbocycles. The molecule has 0 radical (unpaired) electrons. The van der Waals surface area contributed by atoms with Gasteiger partial charge in [0.1, 0.15) is 23.9 Å². The first kappa shape index (κ1) is 30.2. The van der Waals surface area contributed by atoms with Gasteiger partial charge in [-0.2, -0.15) is 5.10 Å². The number of benzene rings is 3. The Morgan fingerprint density at radius 2 is 1.83 bits per heavy atom. The minimum absolute atomic E-state index is 0.351. The third-order valence-electron chi connectivity index (χ3n) is 7.81. The van der Waals surface area contributed by atoms with Gasteiger partial charge in [-0.15, -0.1) is 0 Å². The van der Waals surface area contributed by atoms with Crippen molar-refractivity contribution < 1.29 is 14.2 Å². The summed E-state index contributed by atoms with van der Waals surface area (Å²) in [5.74, 6) is 2.52. The van der Waals surface area contributed by atoms with E-state index in [0.717, 1.165) is 52.2 Å². The van der Waals surface area contributed by atoms with E-state index in [1.54, 1.807) is 13.3 Å². The van der Waals surface area contributed by atoms with Gasteiger partial charge in [-0.25, -0.2) is 0 Å². The first-order valence-corrected chi connectivity index (χ1v) is 15.0. The van der Waals surface area contributed by atoms with Gasteiger partial charge in [0.05, 0.1) is 30.0 Å². The number of nitrogens with one attached hydrogen (secondary N) is 2. The van der Waals surface area contributed by atoms with Gasteiger partial charge in [-0.05, 0) is 62.2 Å². The number of piperidine rings is 1. The number of aromatic nitrogens is 2. The fraction of sp³-hybridized carbons (Fsp3) is 0.364. The highest BCUT2D eigenvalue weighted by Gasteiger charge is 2.19. The highest BCUT2D eigenvalue weighted by molar-refractivity contribution is 6.35. The number of hydrogen-bond acceptors (Lipinski definition) is 6. The molecule has 1 aliphatic heterocycles. The number of rotatable bonds is 12. The molecule has 5 rings (SSSR count). The summed E-state index contributed by atoms with van der Waals surface area (Å²) in [5, 5.41) is 11.3. The fourth-order valence-corrected chi connectivity index (χ4v) is 5.99. The van der Waals surface area contributed by atoms with E-state index in [1.807, 2.05) is 42.6 Å². The number of aromatic amines is 1. The summed E-state index contributed by atoms with van der Waals surface area (Å²) in [7, 11) is 3.82. The molecule has 1 aliphatic rings. The van der Waals surface area contributed by atoms with Gasteiger partial charge in [0.2, 0.25) is 0 Å². The quantitative estimate of drug-likeness (QED) is 0.176. The largest absolute Gasteiger partial charge is 0.496 e. The van der Waals surface area contributed by atoms with E-state index in [9.17, 15) is 0 Å². The van der Waals surface area contributed by atoms with Crippen molar-refractivity contribution in [3.8, 4) is 28.4 Å². The molecule has 42 heavy (non-hydrogen) atoms. The van der Waals surface area contributed by atoms with Crippen LogP contribution in [0, 0.1) is 12.8 Å².